The molecule has 0 spiro atoms. The zero-order valence-electron chi connectivity index (χ0n) is 18.7. The number of aromatic nitrogens is 1. The Morgan fingerprint density at radius 2 is 1.97 bits per heavy atom. The summed E-state index contributed by atoms with van der Waals surface area (Å²) in [7, 11) is -3.54. The van der Waals surface area contributed by atoms with E-state index in [1.165, 1.54) is 0 Å². The maximum atomic E-state index is 14.4. The molecule has 0 aliphatic carbocycles. The lowest BCUT2D eigenvalue weighted by molar-refractivity contribution is -0.117. The molecular weight excluding hydrogens is 425 g/mol. The van der Waals surface area contributed by atoms with Gasteiger partial charge in [-0.15, -0.1) is 4.36 Å². The number of hydrogen-bond donors (Lipinski definition) is 2. The Hall–Kier alpha value is -1.55. The summed E-state index contributed by atoms with van der Waals surface area (Å²) in [6, 6.07) is 0. The van der Waals surface area contributed by atoms with E-state index in [2.05, 4.69) is 15.9 Å². The van der Waals surface area contributed by atoms with Gasteiger partial charge in [0, 0.05) is 5.69 Å². The second-order valence-corrected chi connectivity index (χ2v) is 11.3. The predicted octanol–water partition coefficient (Wildman–Crippen LogP) is 4.76. The fourth-order valence-corrected chi connectivity index (χ4v) is 4.49. The molecule has 30 heavy (non-hydrogen) atoms. The fourth-order valence-electron chi connectivity index (χ4n) is 2.62. The summed E-state index contributed by atoms with van der Waals surface area (Å²) in [6.45, 7) is 16.1. The fraction of sp³-hybridized carbons (Fsp3) is 0.524. The second-order valence-electron chi connectivity index (χ2n) is 8.27. The topological polar surface area (TPSA) is 106 Å². The number of hydrogen-bond acceptors (Lipinski definition) is 5. The third-order valence-electron chi connectivity index (χ3n) is 4.56. The zero-order chi connectivity index (χ0) is 23.4. The molecule has 1 amide bonds. The lowest BCUT2D eigenvalue weighted by Gasteiger charge is -2.18. The van der Waals surface area contributed by atoms with Gasteiger partial charge in [0.1, 0.15) is 15.7 Å². The molecule has 0 saturated heterocycles. The first-order chi connectivity index (χ1) is 13.6. The third kappa shape index (κ3) is 7.01. The van der Waals surface area contributed by atoms with Gasteiger partial charge in [-0.1, -0.05) is 46.0 Å². The number of halogens is 1. The molecule has 168 valence electrons. The van der Waals surface area contributed by atoms with Gasteiger partial charge in [-0.3, -0.25) is 9.78 Å². The average molecular weight is 458 g/mol. The summed E-state index contributed by atoms with van der Waals surface area (Å²) in [5.74, 6) is -1.42. The van der Waals surface area contributed by atoms with E-state index in [-0.39, 0.29) is 22.5 Å². The third-order valence-corrected chi connectivity index (χ3v) is 7.42. The predicted molar refractivity (Wildman–Crippen MR) is 123 cm³/mol. The quantitative estimate of drug-likeness (QED) is 0.585. The van der Waals surface area contributed by atoms with Crippen LogP contribution in [-0.4, -0.2) is 25.8 Å². The number of rotatable bonds is 8. The molecule has 1 rings (SSSR count). The van der Waals surface area contributed by atoms with Crippen LogP contribution in [0.4, 0.5) is 4.39 Å². The first-order valence-corrected chi connectivity index (χ1v) is 12.0. The molecule has 0 aliphatic heterocycles. The molecule has 1 atom stereocenters. The van der Waals surface area contributed by atoms with Crippen molar-refractivity contribution in [2.45, 2.75) is 72.3 Å². The molecule has 3 N–H and O–H groups in total. The van der Waals surface area contributed by atoms with Crippen molar-refractivity contribution in [1.29, 1.82) is 0 Å². The molecule has 6 nitrogen and oxygen atoms in total. The molecule has 9 heteroatoms. The molecule has 0 aromatic carbocycles. The van der Waals surface area contributed by atoms with Gasteiger partial charge >= 0.3 is 0 Å². The number of nitrogens with zero attached hydrogens (tertiary/aromatic N) is 2. The minimum Gasteiger partial charge on any atom is -0.386 e. The number of nitrogens with two attached hydrogens (primary N) is 1. The number of amides is 1. The highest BCUT2D eigenvalue weighted by atomic mass is 32.3. The van der Waals surface area contributed by atoms with Crippen molar-refractivity contribution >= 4 is 27.6 Å². The zero-order valence-corrected chi connectivity index (χ0v) is 20.3. The van der Waals surface area contributed by atoms with Gasteiger partial charge in [0.15, 0.2) is 0 Å². The molecule has 0 saturated carbocycles. The van der Waals surface area contributed by atoms with E-state index in [9.17, 15) is 18.5 Å². The molecule has 0 radical (unpaired) electrons. The Balaban J connectivity index is 3.25. The van der Waals surface area contributed by atoms with Gasteiger partial charge in [-0.2, -0.15) is 0 Å². The Morgan fingerprint density at radius 1 is 1.40 bits per heavy atom. The highest BCUT2D eigenvalue weighted by molar-refractivity contribution is 8.20. The molecule has 1 unspecified atom stereocenters. The summed E-state index contributed by atoms with van der Waals surface area (Å²) >= 11 is 0.950. The van der Waals surface area contributed by atoms with Gasteiger partial charge in [-0.05, 0) is 54.7 Å². The molecule has 1 aromatic heterocycles. The van der Waals surface area contributed by atoms with Crippen LogP contribution in [0.1, 0.15) is 77.1 Å². The Kier molecular flexibility index (Phi) is 8.98. The Labute approximate surface area is 183 Å². The van der Waals surface area contributed by atoms with E-state index in [1.807, 2.05) is 27.7 Å². The lowest BCUT2D eigenvalue weighted by Crippen LogP contribution is -2.20. The number of carbonyl (C=O) groups excluding carboxylic acids is 1. The normalized spacial score (nSPS) is 14.7. The average Bonchev–Trinajstić information content (AvgIpc) is 2.57. The van der Waals surface area contributed by atoms with E-state index < -0.39 is 27.2 Å². The Morgan fingerprint density at radius 3 is 2.43 bits per heavy atom. The lowest BCUT2D eigenvalue weighted by atomic mass is 9.90. The van der Waals surface area contributed by atoms with Crippen molar-refractivity contribution in [2.75, 3.05) is 0 Å². The molecule has 1 aromatic rings. The van der Waals surface area contributed by atoms with Crippen LogP contribution < -0.4 is 5.14 Å². The molecule has 1 heterocycles. The molecule has 0 fully saturated rings. The Bertz CT molecular complexity index is 970. The van der Waals surface area contributed by atoms with Crippen LogP contribution >= 0.6 is 11.8 Å². The molecular formula is C21H32FN3O3S2. The first kappa shape index (κ1) is 26.5. The van der Waals surface area contributed by atoms with Crippen LogP contribution in [-0.2, 0) is 21.1 Å². The minimum atomic E-state index is -3.54. The van der Waals surface area contributed by atoms with E-state index in [0.717, 1.165) is 18.0 Å². The van der Waals surface area contributed by atoms with Crippen molar-refractivity contribution in [3.63, 3.8) is 0 Å². The second kappa shape index (κ2) is 10.2. The monoisotopic (exact) mass is 457 g/mol. The standard InChI is InChI=1S/C21H32FN3O3S2/c1-12(2)19-16(20(13(3)4)24-10-17(19)22)9-18(26)25-30(23,28)15(6)29-11-14(5)21(7,8)27/h10-13,27H,6,9H2,1-5,7-8H3,(H2,23,25,26,28)/b14-11+. The van der Waals surface area contributed by atoms with Crippen molar-refractivity contribution in [3.05, 3.63) is 50.6 Å². The number of carbonyl (C=O) groups is 1. The van der Waals surface area contributed by atoms with E-state index >= 15 is 0 Å². The van der Waals surface area contributed by atoms with Crippen LogP contribution in [0.3, 0.4) is 0 Å². The van der Waals surface area contributed by atoms with Gasteiger partial charge in [0.2, 0.25) is 0 Å². The van der Waals surface area contributed by atoms with E-state index in [0.29, 0.717) is 22.4 Å². The first-order valence-electron chi connectivity index (χ1n) is 9.58. The summed E-state index contributed by atoms with van der Waals surface area (Å²) in [6.07, 6.45) is 0.911. The number of thioether (sulfide) groups is 1. The van der Waals surface area contributed by atoms with Crippen LogP contribution in [0.2, 0.25) is 0 Å². The SMILES string of the molecule is C=C(S/C=C(\C)C(C)(C)O)S(N)(=O)=NC(=O)Cc1c(C(C)C)ncc(F)c1C(C)C. The largest absolute Gasteiger partial charge is 0.386 e. The molecule has 0 bridgehead atoms. The summed E-state index contributed by atoms with van der Waals surface area (Å²) < 4.78 is 30.8. The van der Waals surface area contributed by atoms with Crippen molar-refractivity contribution in [2.24, 2.45) is 9.50 Å². The maximum Gasteiger partial charge on any atom is 0.259 e. The summed E-state index contributed by atoms with van der Waals surface area (Å²) in [5.41, 5.74) is 1.02. The minimum absolute atomic E-state index is 0.00927. The van der Waals surface area contributed by atoms with Crippen molar-refractivity contribution in [3.8, 4) is 0 Å². The van der Waals surface area contributed by atoms with Gasteiger partial charge in [0.25, 0.3) is 5.91 Å². The smallest absolute Gasteiger partial charge is 0.259 e. The van der Waals surface area contributed by atoms with Gasteiger partial charge in [0.05, 0.1) is 22.5 Å². The summed E-state index contributed by atoms with van der Waals surface area (Å²) in [4.78, 5) is 16.8. The van der Waals surface area contributed by atoms with Crippen molar-refractivity contribution in [1.82, 2.24) is 4.98 Å². The van der Waals surface area contributed by atoms with Crippen molar-refractivity contribution < 1.29 is 18.5 Å². The maximum absolute atomic E-state index is 14.4. The van der Waals surface area contributed by atoms with E-state index in [4.69, 9.17) is 5.14 Å². The number of aliphatic hydroxyl groups is 1. The molecule has 0 aliphatic rings. The highest BCUT2D eigenvalue weighted by Gasteiger charge is 2.23. The van der Waals surface area contributed by atoms with Crippen LogP contribution in [0.15, 0.2) is 32.4 Å². The highest BCUT2D eigenvalue weighted by Crippen LogP contribution is 2.30. The van der Waals surface area contributed by atoms with Crippen LogP contribution in [0.25, 0.3) is 0 Å². The van der Waals surface area contributed by atoms with Gasteiger partial charge in [-0.25, -0.2) is 13.7 Å². The summed E-state index contributed by atoms with van der Waals surface area (Å²) in [5, 5.41) is 17.3. The van der Waals surface area contributed by atoms with Crippen LogP contribution in [0.5, 0.6) is 0 Å². The number of pyridine rings is 1. The van der Waals surface area contributed by atoms with Crippen LogP contribution in [0, 0.1) is 5.82 Å². The van der Waals surface area contributed by atoms with Gasteiger partial charge < -0.3 is 5.11 Å². The van der Waals surface area contributed by atoms with E-state index in [1.54, 1.807) is 26.2 Å².